The molecular weight excluding hydrogens is 294 g/mol. The first kappa shape index (κ1) is 14.8. The third-order valence-corrected chi connectivity index (χ3v) is 3.81. The molecule has 0 aromatic heterocycles. The van der Waals surface area contributed by atoms with Crippen molar-refractivity contribution in [3.8, 4) is 5.75 Å². The minimum absolute atomic E-state index is 0.0722. The van der Waals surface area contributed by atoms with Gasteiger partial charge in [-0.2, -0.15) is 0 Å². The number of carbonyl (C=O) groups excluding carboxylic acids is 1. The number of phenolic OH excluding ortho intramolecular Hbond substituents is 1. The number of rotatable bonds is 5. The van der Waals surface area contributed by atoms with E-state index in [9.17, 15) is 9.90 Å². The lowest BCUT2D eigenvalue weighted by atomic mass is 10.3. The van der Waals surface area contributed by atoms with Gasteiger partial charge in [0.25, 0.3) is 0 Å². The summed E-state index contributed by atoms with van der Waals surface area (Å²) < 4.78 is 0. The number of aromatic hydroxyl groups is 1. The fraction of sp³-hybridized carbons (Fsp3) is 0.133. The van der Waals surface area contributed by atoms with Crippen molar-refractivity contribution in [2.75, 3.05) is 11.1 Å². The molecule has 0 radical (unpaired) electrons. The summed E-state index contributed by atoms with van der Waals surface area (Å²) in [6.07, 6.45) is 0.406. The predicted octanol–water partition coefficient (Wildman–Crippen LogP) is 4.17. The zero-order chi connectivity index (χ0) is 14.4. The number of nitrogens with one attached hydrogen (secondary N) is 1. The summed E-state index contributed by atoms with van der Waals surface area (Å²) in [4.78, 5) is 12.8. The highest BCUT2D eigenvalue weighted by Crippen LogP contribution is 2.21. The Balaban J connectivity index is 1.76. The number of thioether (sulfide) groups is 1. The molecule has 0 heterocycles. The third kappa shape index (κ3) is 4.79. The summed E-state index contributed by atoms with van der Waals surface area (Å²) in [6.45, 7) is 0. The summed E-state index contributed by atoms with van der Waals surface area (Å²) in [5, 5.41) is 12.8. The van der Waals surface area contributed by atoms with E-state index in [1.807, 2.05) is 24.3 Å². The van der Waals surface area contributed by atoms with Crippen LogP contribution in [0.3, 0.4) is 0 Å². The molecule has 20 heavy (non-hydrogen) atoms. The van der Waals surface area contributed by atoms with Crippen molar-refractivity contribution >= 4 is 35.0 Å². The van der Waals surface area contributed by atoms with Crippen LogP contribution in [0.2, 0.25) is 5.02 Å². The van der Waals surface area contributed by atoms with Crippen LogP contribution in [0.15, 0.2) is 53.4 Å². The van der Waals surface area contributed by atoms with E-state index in [-0.39, 0.29) is 11.7 Å². The number of benzene rings is 2. The quantitative estimate of drug-likeness (QED) is 0.815. The molecule has 0 aliphatic heterocycles. The van der Waals surface area contributed by atoms with E-state index in [2.05, 4.69) is 5.32 Å². The Labute approximate surface area is 127 Å². The monoisotopic (exact) mass is 307 g/mol. The third-order valence-electron chi connectivity index (χ3n) is 2.54. The molecule has 3 nitrogen and oxygen atoms in total. The van der Waals surface area contributed by atoms with E-state index in [0.717, 1.165) is 4.90 Å². The summed E-state index contributed by atoms with van der Waals surface area (Å²) >= 11 is 7.41. The Kier molecular flexibility index (Phi) is 5.32. The molecule has 0 atom stereocenters. The molecule has 2 rings (SSSR count). The van der Waals surface area contributed by atoms with Gasteiger partial charge in [0.15, 0.2) is 0 Å². The first-order chi connectivity index (χ1) is 9.63. The van der Waals surface area contributed by atoms with Crippen LogP contribution in [0.4, 0.5) is 5.69 Å². The van der Waals surface area contributed by atoms with Gasteiger partial charge in [0, 0.05) is 33.8 Å². The van der Waals surface area contributed by atoms with E-state index < -0.39 is 0 Å². The van der Waals surface area contributed by atoms with E-state index in [4.69, 9.17) is 11.6 Å². The zero-order valence-electron chi connectivity index (χ0n) is 10.7. The molecule has 0 aliphatic carbocycles. The van der Waals surface area contributed by atoms with Gasteiger partial charge in [0.2, 0.25) is 5.91 Å². The van der Waals surface area contributed by atoms with Gasteiger partial charge in [0.1, 0.15) is 5.75 Å². The smallest absolute Gasteiger partial charge is 0.225 e. The summed E-state index contributed by atoms with van der Waals surface area (Å²) in [5.41, 5.74) is 0.603. The zero-order valence-corrected chi connectivity index (χ0v) is 12.2. The molecular formula is C15H14ClNO2S. The summed E-state index contributed by atoms with van der Waals surface area (Å²) in [7, 11) is 0. The van der Waals surface area contributed by atoms with E-state index in [0.29, 0.717) is 22.9 Å². The van der Waals surface area contributed by atoms with Crippen LogP contribution in [-0.2, 0) is 4.79 Å². The predicted molar refractivity (Wildman–Crippen MR) is 83.5 cm³/mol. The lowest BCUT2D eigenvalue weighted by molar-refractivity contribution is -0.115. The van der Waals surface area contributed by atoms with Crippen molar-refractivity contribution in [1.29, 1.82) is 0 Å². The van der Waals surface area contributed by atoms with Gasteiger partial charge in [-0.3, -0.25) is 4.79 Å². The number of anilines is 1. The Hall–Kier alpha value is -1.65. The van der Waals surface area contributed by atoms with Crippen molar-refractivity contribution < 1.29 is 9.90 Å². The molecule has 1 amide bonds. The van der Waals surface area contributed by atoms with Gasteiger partial charge in [-0.05, 0) is 36.4 Å². The number of hydrogen-bond donors (Lipinski definition) is 2. The van der Waals surface area contributed by atoms with Crippen molar-refractivity contribution in [2.45, 2.75) is 11.3 Å². The largest absolute Gasteiger partial charge is 0.508 e. The van der Waals surface area contributed by atoms with Crippen LogP contribution >= 0.6 is 23.4 Å². The summed E-state index contributed by atoms with van der Waals surface area (Å²) in [6, 6.07) is 14.0. The fourth-order valence-corrected chi connectivity index (χ4v) is 2.58. The molecule has 104 valence electrons. The molecule has 0 unspecified atom stereocenters. The van der Waals surface area contributed by atoms with Gasteiger partial charge in [-0.1, -0.05) is 17.7 Å². The van der Waals surface area contributed by atoms with Crippen LogP contribution in [0, 0.1) is 0 Å². The van der Waals surface area contributed by atoms with Crippen LogP contribution in [0.5, 0.6) is 5.75 Å². The highest BCUT2D eigenvalue weighted by atomic mass is 35.5. The van der Waals surface area contributed by atoms with Crippen molar-refractivity contribution in [3.05, 3.63) is 53.6 Å². The van der Waals surface area contributed by atoms with E-state index >= 15 is 0 Å². The first-order valence-electron chi connectivity index (χ1n) is 6.11. The van der Waals surface area contributed by atoms with Crippen LogP contribution in [0.1, 0.15) is 6.42 Å². The maximum absolute atomic E-state index is 11.7. The molecule has 5 heteroatoms. The number of halogens is 1. The Bertz CT molecular complexity index is 587. The Morgan fingerprint density at radius 2 is 1.95 bits per heavy atom. The minimum atomic E-state index is -0.0722. The first-order valence-corrected chi connectivity index (χ1v) is 7.47. The second-order valence-corrected chi connectivity index (χ2v) is 5.76. The van der Waals surface area contributed by atoms with Crippen molar-refractivity contribution in [2.24, 2.45) is 0 Å². The molecule has 0 saturated heterocycles. The lowest BCUT2D eigenvalue weighted by Gasteiger charge is -2.05. The fourth-order valence-electron chi connectivity index (χ4n) is 1.60. The van der Waals surface area contributed by atoms with Crippen molar-refractivity contribution in [3.63, 3.8) is 0 Å². The Morgan fingerprint density at radius 1 is 1.20 bits per heavy atom. The maximum atomic E-state index is 11.7. The van der Waals surface area contributed by atoms with Gasteiger partial charge in [0.05, 0.1) is 0 Å². The van der Waals surface area contributed by atoms with Gasteiger partial charge >= 0.3 is 0 Å². The van der Waals surface area contributed by atoms with E-state index in [1.54, 1.807) is 30.0 Å². The lowest BCUT2D eigenvalue weighted by Crippen LogP contribution is -2.11. The minimum Gasteiger partial charge on any atom is -0.508 e. The number of amides is 1. The molecule has 2 N–H and O–H groups in total. The SMILES string of the molecule is O=C(CCSc1ccc(Cl)cc1)Nc1cccc(O)c1. The topological polar surface area (TPSA) is 49.3 Å². The molecule has 0 aliphatic rings. The highest BCUT2D eigenvalue weighted by Gasteiger charge is 2.03. The molecule has 0 fully saturated rings. The van der Waals surface area contributed by atoms with Crippen LogP contribution in [-0.4, -0.2) is 16.8 Å². The molecule has 2 aromatic carbocycles. The molecule has 0 spiro atoms. The van der Waals surface area contributed by atoms with Gasteiger partial charge < -0.3 is 10.4 Å². The molecule has 0 saturated carbocycles. The number of carbonyl (C=O) groups is 1. The maximum Gasteiger partial charge on any atom is 0.225 e. The number of hydrogen-bond acceptors (Lipinski definition) is 3. The second kappa shape index (κ2) is 7.22. The van der Waals surface area contributed by atoms with Gasteiger partial charge in [-0.15, -0.1) is 11.8 Å². The normalized spacial score (nSPS) is 10.2. The second-order valence-electron chi connectivity index (χ2n) is 4.15. The summed E-state index contributed by atoms with van der Waals surface area (Å²) in [5.74, 6) is 0.752. The van der Waals surface area contributed by atoms with Crippen molar-refractivity contribution in [1.82, 2.24) is 0 Å². The average Bonchev–Trinajstić information content (AvgIpc) is 2.41. The van der Waals surface area contributed by atoms with Crippen LogP contribution < -0.4 is 5.32 Å². The molecule has 0 bridgehead atoms. The van der Waals surface area contributed by atoms with Gasteiger partial charge in [-0.25, -0.2) is 0 Å². The van der Waals surface area contributed by atoms with E-state index in [1.165, 1.54) is 6.07 Å². The van der Waals surface area contributed by atoms with Crippen LogP contribution in [0.25, 0.3) is 0 Å². The Morgan fingerprint density at radius 3 is 2.65 bits per heavy atom. The standard InChI is InChI=1S/C15H14ClNO2S/c16-11-4-6-14(7-5-11)20-9-8-15(19)17-12-2-1-3-13(18)10-12/h1-7,10,18H,8-9H2,(H,17,19). The highest BCUT2D eigenvalue weighted by molar-refractivity contribution is 7.99. The number of phenols is 1. The molecule has 2 aromatic rings. The average molecular weight is 308 g/mol.